The van der Waals surface area contributed by atoms with Gasteiger partial charge in [-0.25, -0.2) is 14.4 Å². The molecule has 2 aromatic carbocycles. The molecule has 0 saturated carbocycles. The van der Waals surface area contributed by atoms with Crippen molar-refractivity contribution in [3.05, 3.63) is 71.1 Å². The summed E-state index contributed by atoms with van der Waals surface area (Å²) in [5, 5.41) is 7.11. The number of carbonyl (C=O) groups is 4. The summed E-state index contributed by atoms with van der Waals surface area (Å²) in [6.07, 6.45) is -1.15. The quantitative estimate of drug-likeness (QED) is 0.411. The molecular formula is C24H23N3O6S. The van der Waals surface area contributed by atoms with Gasteiger partial charge in [0.2, 0.25) is 0 Å². The van der Waals surface area contributed by atoms with Gasteiger partial charge in [-0.05, 0) is 43.7 Å². The number of nitrogens with one attached hydrogen (secondary N) is 2. The Labute approximate surface area is 199 Å². The number of carbonyl (C=O) groups excluding carboxylic acids is 4. The standard InChI is InChI=1S/C24H23N3O6S/c1-3-32-23(30)19-18(15-7-5-4-6-8-15)13-34-21(19)27-20(28)14(2)33-22(29)16-9-11-17(12-10-16)26-24(25)31/h4-14H,3H2,1-2H3,(H,27,28)(H3,25,26,31). The molecule has 0 bridgehead atoms. The maximum Gasteiger partial charge on any atom is 0.341 e. The van der Waals surface area contributed by atoms with Gasteiger partial charge in [0.15, 0.2) is 6.10 Å². The summed E-state index contributed by atoms with van der Waals surface area (Å²) in [7, 11) is 0. The molecule has 1 aromatic heterocycles. The van der Waals surface area contributed by atoms with Crippen LogP contribution in [-0.4, -0.2) is 36.6 Å². The molecule has 3 amide bonds. The van der Waals surface area contributed by atoms with Gasteiger partial charge in [0.05, 0.1) is 12.2 Å². The van der Waals surface area contributed by atoms with E-state index in [0.29, 0.717) is 16.3 Å². The Balaban J connectivity index is 1.73. The van der Waals surface area contributed by atoms with Crippen molar-refractivity contribution < 1.29 is 28.7 Å². The first-order valence-electron chi connectivity index (χ1n) is 10.3. The van der Waals surface area contributed by atoms with Crippen LogP contribution >= 0.6 is 11.3 Å². The molecule has 0 aliphatic carbocycles. The van der Waals surface area contributed by atoms with Gasteiger partial charge in [-0.1, -0.05) is 30.3 Å². The number of primary amides is 1. The molecule has 0 radical (unpaired) electrons. The van der Waals surface area contributed by atoms with E-state index in [9.17, 15) is 19.2 Å². The highest BCUT2D eigenvalue weighted by Gasteiger charge is 2.25. The van der Waals surface area contributed by atoms with Crippen molar-refractivity contribution in [3.8, 4) is 11.1 Å². The molecule has 0 aliphatic heterocycles. The molecule has 1 unspecified atom stereocenters. The van der Waals surface area contributed by atoms with Gasteiger partial charge in [0, 0.05) is 16.6 Å². The van der Waals surface area contributed by atoms with Crippen molar-refractivity contribution in [2.75, 3.05) is 17.2 Å². The van der Waals surface area contributed by atoms with Gasteiger partial charge in [-0.15, -0.1) is 11.3 Å². The predicted octanol–water partition coefficient (Wildman–Crippen LogP) is 4.27. The molecular weight excluding hydrogens is 458 g/mol. The Morgan fingerprint density at radius 1 is 0.971 bits per heavy atom. The Morgan fingerprint density at radius 3 is 2.26 bits per heavy atom. The number of thiophene rings is 1. The van der Waals surface area contributed by atoms with Gasteiger partial charge in [0.25, 0.3) is 5.91 Å². The maximum absolute atomic E-state index is 12.7. The SMILES string of the molecule is CCOC(=O)c1c(-c2ccccc2)csc1NC(=O)C(C)OC(=O)c1ccc(NC(N)=O)cc1. The summed E-state index contributed by atoms with van der Waals surface area (Å²) in [6.45, 7) is 3.30. The number of ether oxygens (including phenoxy) is 2. The van der Waals surface area contributed by atoms with Crippen LogP contribution in [0.4, 0.5) is 15.5 Å². The fourth-order valence-electron chi connectivity index (χ4n) is 3.01. The summed E-state index contributed by atoms with van der Waals surface area (Å²) in [6, 6.07) is 14.4. The van der Waals surface area contributed by atoms with Crippen LogP contribution in [0.5, 0.6) is 0 Å². The molecule has 1 heterocycles. The van der Waals surface area contributed by atoms with E-state index in [1.54, 1.807) is 12.3 Å². The summed E-state index contributed by atoms with van der Waals surface area (Å²) in [5.41, 5.74) is 7.32. The van der Waals surface area contributed by atoms with Crippen molar-refractivity contribution in [3.63, 3.8) is 0 Å². The van der Waals surface area contributed by atoms with E-state index >= 15 is 0 Å². The number of benzene rings is 2. The lowest BCUT2D eigenvalue weighted by Crippen LogP contribution is -2.30. The number of rotatable bonds is 8. The first-order valence-corrected chi connectivity index (χ1v) is 11.2. The van der Waals surface area contributed by atoms with Crippen LogP contribution in [0, 0.1) is 0 Å². The van der Waals surface area contributed by atoms with Crippen LogP contribution in [-0.2, 0) is 14.3 Å². The smallest absolute Gasteiger partial charge is 0.341 e. The first-order chi connectivity index (χ1) is 16.3. The third kappa shape index (κ3) is 5.99. The van der Waals surface area contributed by atoms with Crippen LogP contribution in [0.15, 0.2) is 60.0 Å². The fraction of sp³-hybridized carbons (Fsp3) is 0.167. The second-order valence-electron chi connectivity index (χ2n) is 7.04. The molecule has 34 heavy (non-hydrogen) atoms. The first kappa shape index (κ1) is 24.5. The monoisotopic (exact) mass is 481 g/mol. The Hall–Kier alpha value is -4.18. The summed E-state index contributed by atoms with van der Waals surface area (Å²) < 4.78 is 10.4. The molecule has 10 heteroatoms. The van der Waals surface area contributed by atoms with E-state index in [0.717, 1.165) is 5.56 Å². The molecule has 9 nitrogen and oxygen atoms in total. The molecule has 0 aliphatic rings. The molecule has 0 spiro atoms. The van der Waals surface area contributed by atoms with Crippen LogP contribution in [0.25, 0.3) is 11.1 Å². The minimum atomic E-state index is -1.15. The molecule has 0 saturated heterocycles. The number of urea groups is 1. The van der Waals surface area contributed by atoms with Crippen molar-refractivity contribution in [1.82, 2.24) is 0 Å². The van der Waals surface area contributed by atoms with Crippen LogP contribution in [0.3, 0.4) is 0 Å². The highest BCUT2D eigenvalue weighted by Crippen LogP contribution is 2.36. The minimum absolute atomic E-state index is 0.179. The topological polar surface area (TPSA) is 137 Å². The van der Waals surface area contributed by atoms with Crippen LogP contribution in [0.2, 0.25) is 0 Å². The largest absolute Gasteiger partial charge is 0.462 e. The summed E-state index contributed by atoms with van der Waals surface area (Å²) >= 11 is 1.17. The second-order valence-corrected chi connectivity index (χ2v) is 7.92. The van der Waals surface area contributed by atoms with E-state index in [-0.39, 0.29) is 17.7 Å². The molecule has 4 N–H and O–H groups in total. The van der Waals surface area contributed by atoms with E-state index in [1.165, 1.54) is 42.5 Å². The predicted molar refractivity (Wildman–Crippen MR) is 129 cm³/mol. The fourth-order valence-corrected chi connectivity index (χ4v) is 3.97. The van der Waals surface area contributed by atoms with Gasteiger partial charge in [-0.2, -0.15) is 0 Å². The van der Waals surface area contributed by atoms with Crippen LogP contribution in [0.1, 0.15) is 34.6 Å². The molecule has 3 aromatic rings. The second kappa shape index (κ2) is 11.1. The average Bonchev–Trinajstić information content (AvgIpc) is 3.23. The number of hydrogen-bond acceptors (Lipinski definition) is 7. The summed E-state index contributed by atoms with van der Waals surface area (Å²) in [5.74, 6) is -1.89. The zero-order valence-electron chi connectivity index (χ0n) is 18.5. The van der Waals surface area contributed by atoms with Gasteiger partial charge >= 0.3 is 18.0 Å². The molecule has 1 atom stereocenters. The number of anilines is 2. The third-order valence-corrected chi connectivity index (χ3v) is 5.53. The lowest BCUT2D eigenvalue weighted by atomic mass is 10.0. The zero-order chi connectivity index (χ0) is 24.7. The van der Waals surface area contributed by atoms with Crippen molar-refractivity contribution in [2.45, 2.75) is 20.0 Å². The lowest BCUT2D eigenvalue weighted by molar-refractivity contribution is -0.123. The van der Waals surface area contributed by atoms with E-state index in [1.807, 2.05) is 30.3 Å². The summed E-state index contributed by atoms with van der Waals surface area (Å²) in [4.78, 5) is 48.7. The number of hydrogen-bond donors (Lipinski definition) is 3. The average molecular weight is 482 g/mol. The minimum Gasteiger partial charge on any atom is -0.462 e. The van der Waals surface area contributed by atoms with Gasteiger partial charge in [-0.3, -0.25) is 4.79 Å². The van der Waals surface area contributed by atoms with Crippen molar-refractivity contribution in [2.24, 2.45) is 5.73 Å². The van der Waals surface area contributed by atoms with Crippen molar-refractivity contribution in [1.29, 1.82) is 0 Å². The Bertz CT molecular complexity index is 1190. The lowest BCUT2D eigenvalue weighted by Gasteiger charge is -2.14. The zero-order valence-corrected chi connectivity index (χ0v) is 19.3. The van der Waals surface area contributed by atoms with Gasteiger partial charge < -0.3 is 25.8 Å². The Morgan fingerprint density at radius 2 is 1.65 bits per heavy atom. The normalized spacial score (nSPS) is 11.2. The Kier molecular flexibility index (Phi) is 7.99. The number of amides is 3. The molecule has 176 valence electrons. The van der Waals surface area contributed by atoms with Gasteiger partial charge in [0.1, 0.15) is 10.6 Å². The van der Waals surface area contributed by atoms with Crippen LogP contribution < -0.4 is 16.4 Å². The van der Waals surface area contributed by atoms with E-state index < -0.39 is 30.0 Å². The molecule has 3 rings (SSSR count). The van der Waals surface area contributed by atoms with E-state index in [4.69, 9.17) is 15.2 Å². The van der Waals surface area contributed by atoms with E-state index in [2.05, 4.69) is 10.6 Å². The number of nitrogens with two attached hydrogens (primary N) is 1. The number of esters is 2. The third-order valence-electron chi connectivity index (χ3n) is 4.63. The molecule has 0 fully saturated rings. The highest BCUT2D eigenvalue weighted by molar-refractivity contribution is 7.15. The van der Waals surface area contributed by atoms with Crippen molar-refractivity contribution >= 4 is 45.9 Å². The highest BCUT2D eigenvalue weighted by atomic mass is 32.1. The maximum atomic E-state index is 12.7.